The van der Waals surface area contributed by atoms with E-state index in [1.54, 1.807) is 4.90 Å². The lowest BCUT2D eigenvalue weighted by molar-refractivity contribution is 0.194. The van der Waals surface area contributed by atoms with Gasteiger partial charge in [0.2, 0.25) is 0 Å². The maximum atomic E-state index is 12.2. The first-order chi connectivity index (χ1) is 11.2. The van der Waals surface area contributed by atoms with E-state index in [2.05, 4.69) is 31.3 Å². The van der Waals surface area contributed by atoms with Gasteiger partial charge in [-0.15, -0.1) is 0 Å². The number of unbranched alkanes of at least 4 members (excludes halogenated alkanes) is 7. The number of carbonyl (C=O) groups excluding carboxylic acids is 1. The molecule has 0 spiro atoms. The van der Waals surface area contributed by atoms with Crippen LogP contribution in [0.5, 0.6) is 0 Å². The maximum absolute atomic E-state index is 12.2. The lowest BCUT2D eigenvalue weighted by atomic mass is 10.1. The summed E-state index contributed by atoms with van der Waals surface area (Å²) in [7, 11) is 1.86. The summed E-state index contributed by atoms with van der Waals surface area (Å²) in [5.74, 6) is 0. The molecule has 0 aliphatic rings. The summed E-state index contributed by atoms with van der Waals surface area (Å²) in [6.07, 6.45) is 10.3. The van der Waals surface area contributed by atoms with E-state index in [1.165, 1.54) is 44.9 Å². The van der Waals surface area contributed by atoms with Gasteiger partial charge in [0, 0.05) is 13.6 Å². The van der Waals surface area contributed by atoms with Crippen molar-refractivity contribution in [2.24, 2.45) is 0 Å². The molecule has 1 unspecified atom stereocenters. The zero-order valence-corrected chi connectivity index (χ0v) is 15.2. The van der Waals surface area contributed by atoms with Gasteiger partial charge in [-0.3, -0.25) is 0 Å². The molecule has 1 aromatic carbocycles. The Balaban J connectivity index is 2.11. The van der Waals surface area contributed by atoms with Crippen LogP contribution >= 0.6 is 0 Å². The fourth-order valence-electron chi connectivity index (χ4n) is 2.71. The van der Waals surface area contributed by atoms with Gasteiger partial charge in [0.15, 0.2) is 0 Å². The number of nitrogens with zero attached hydrogens (tertiary/aromatic N) is 1. The molecule has 130 valence electrons. The molecule has 1 aromatic rings. The monoisotopic (exact) mass is 318 g/mol. The number of carbonyl (C=O) groups is 1. The first-order valence-electron chi connectivity index (χ1n) is 9.22. The van der Waals surface area contributed by atoms with Gasteiger partial charge in [-0.2, -0.15) is 0 Å². The predicted octanol–water partition coefficient (Wildman–Crippen LogP) is 5.53. The van der Waals surface area contributed by atoms with E-state index in [0.29, 0.717) is 0 Å². The average molecular weight is 319 g/mol. The minimum Gasteiger partial charge on any atom is -0.338 e. The van der Waals surface area contributed by atoms with Crippen molar-refractivity contribution in [3.8, 4) is 0 Å². The summed E-state index contributed by atoms with van der Waals surface area (Å²) in [5, 5.41) is 3.03. The highest BCUT2D eigenvalue weighted by Gasteiger charge is 2.16. The molecule has 0 saturated carbocycles. The summed E-state index contributed by atoms with van der Waals surface area (Å²) in [6, 6.07) is 10.3. The van der Waals surface area contributed by atoms with Crippen molar-refractivity contribution in [2.45, 2.75) is 71.3 Å². The van der Waals surface area contributed by atoms with Crippen molar-refractivity contribution in [3.05, 3.63) is 35.9 Å². The summed E-state index contributed by atoms with van der Waals surface area (Å²) in [6.45, 7) is 5.09. The summed E-state index contributed by atoms with van der Waals surface area (Å²) in [5.41, 5.74) is 1.16. The van der Waals surface area contributed by atoms with Crippen LogP contribution in [-0.2, 0) is 0 Å². The summed E-state index contributed by atoms with van der Waals surface area (Å²) in [4.78, 5) is 14.0. The summed E-state index contributed by atoms with van der Waals surface area (Å²) >= 11 is 0. The van der Waals surface area contributed by atoms with Crippen molar-refractivity contribution in [2.75, 3.05) is 13.6 Å². The normalized spacial score (nSPS) is 12.0. The fraction of sp³-hybridized carbons (Fsp3) is 0.650. The highest BCUT2D eigenvalue weighted by molar-refractivity contribution is 5.74. The number of nitrogens with one attached hydrogen (secondary N) is 1. The third kappa shape index (κ3) is 8.06. The smallest absolute Gasteiger partial charge is 0.317 e. The minimum atomic E-state index is 0.0179. The number of amides is 2. The van der Waals surface area contributed by atoms with Crippen LogP contribution in [0.3, 0.4) is 0 Å². The second-order valence-corrected chi connectivity index (χ2v) is 6.40. The fourth-order valence-corrected chi connectivity index (χ4v) is 2.71. The number of urea groups is 1. The molecule has 0 saturated heterocycles. The molecule has 1 rings (SSSR count). The number of rotatable bonds is 11. The molecule has 0 bridgehead atoms. The van der Waals surface area contributed by atoms with E-state index in [-0.39, 0.29) is 12.1 Å². The van der Waals surface area contributed by atoms with E-state index < -0.39 is 0 Å². The Bertz CT molecular complexity index is 419. The van der Waals surface area contributed by atoms with Gasteiger partial charge in [0.1, 0.15) is 0 Å². The zero-order valence-electron chi connectivity index (χ0n) is 15.2. The van der Waals surface area contributed by atoms with Crippen molar-refractivity contribution in [1.29, 1.82) is 0 Å². The first-order valence-corrected chi connectivity index (χ1v) is 9.22. The van der Waals surface area contributed by atoms with Crippen molar-refractivity contribution < 1.29 is 4.79 Å². The molecule has 0 aliphatic heterocycles. The molecular formula is C20H34N2O. The molecule has 2 amide bonds. The molecule has 0 aliphatic carbocycles. The van der Waals surface area contributed by atoms with Gasteiger partial charge in [0.25, 0.3) is 0 Å². The van der Waals surface area contributed by atoms with Gasteiger partial charge < -0.3 is 10.2 Å². The Hall–Kier alpha value is -1.51. The third-order valence-corrected chi connectivity index (χ3v) is 4.49. The van der Waals surface area contributed by atoms with Crippen LogP contribution < -0.4 is 5.32 Å². The largest absolute Gasteiger partial charge is 0.338 e. The Kier molecular flexibility index (Phi) is 10.2. The number of hydrogen-bond acceptors (Lipinski definition) is 1. The van der Waals surface area contributed by atoms with E-state index >= 15 is 0 Å². The standard InChI is InChI=1S/C20H34N2O/c1-4-5-6-7-8-9-10-14-17-21-20(23)22(3)18(2)19-15-12-11-13-16-19/h11-13,15-16,18H,4-10,14,17H2,1-3H3,(H,21,23). The van der Waals surface area contributed by atoms with Gasteiger partial charge >= 0.3 is 6.03 Å². The number of hydrogen-bond donors (Lipinski definition) is 1. The van der Waals surface area contributed by atoms with E-state index in [1.807, 2.05) is 25.2 Å². The van der Waals surface area contributed by atoms with E-state index in [0.717, 1.165) is 18.5 Å². The third-order valence-electron chi connectivity index (χ3n) is 4.49. The van der Waals surface area contributed by atoms with Crippen LogP contribution in [0.4, 0.5) is 4.79 Å². The molecule has 0 aromatic heterocycles. The SMILES string of the molecule is CCCCCCCCCCNC(=O)N(C)C(C)c1ccccc1. The Labute approximate surface area is 142 Å². The molecule has 3 heteroatoms. The van der Waals surface area contributed by atoms with Gasteiger partial charge in [-0.25, -0.2) is 4.79 Å². The lowest BCUT2D eigenvalue weighted by Crippen LogP contribution is -2.39. The Morgan fingerprint density at radius 1 is 1.00 bits per heavy atom. The predicted molar refractivity (Wildman–Crippen MR) is 98.6 cm³/mol. The number of benzene rings is 1. The average Bonchev–Trinajstić information content (AvgIpc) is 2.59. The van der Waals surface area contributed by atoms with Crippen molar-refractivity contribution in [3.63, 3.8) is 0 Å². The molecule has 23 heavy (non-hydrogen) atoms. The quantitative estimate of drug-likeness (QED) is 0.535. The highest BCUT2D eigenvalue weighted by atomic mass is 16.2. The maximum Gasteiger partial charge on any atom is 0.317 e. The van der Waals surface area contributed by atoms with Crippen LogP contribution in [0.15, 0.2) is 30.3 Å². The molecule has 1 N–H and O–H groups in total. The van der Waals surface area contributed by atoms with Crippen LogP contribution in [-0.4, -0.2) is 24.5 Å². The summed E-state index contributed by atoms with van der Waals surface area (Å²) < 4.78 is 0. The Morgan fingerprint density at radius 2 is 1.57 bits per heavy atom. The van der Waals surface area contributed by atoms with Gasteiger partial charge in [-0.05, 0) is 18.9 Å². The molecule has 0 fully saturated rings. The minimum absolute atomic E-state index is 0.0179. The molecule has 0 heterocycles. The Morgan fingerprint density at radius 3 is 2.17 bits per heavy atom. The van der Waals surface area contributed by atoms with Crippen LogP contribution in [0.1, 0.15) is 76.8 Å². The molecule has 0 radical (unpaired) electrons. The van der Waals surface area contributed by atoms with Crippen LogP contribution in [0.2, 0.25) is 0 Å². The topological polar surface area (TPSA) is 32.3 Å². The molecule has 3 nitrogen and oxygen atoms in total. The molecule has 1 atom stereocenters. The van der Waals surface area contributed by atoms with E-state index in [9.17, 15) is 4.79 Å². The van der Waals surface area contributed by atoms with Crippen molar-refractivity contribution >= 4 is 6.03 Å². The second kappa shape index (κ2) is 12.0. The zero-order chi connectivity index (χ0) is 16.9. The molecular weight excluding hydrogens is 284 g/mol. The van der Waals surface area contributed by atoms with Gasteiger partial charge in [-0.1, -0.05) is 82.2 Å². The first kappa shape index (κ1) is 19.5. The highest BCUT2D eigenvalue weighted by Crippen LogP contribution is 2.17. The van der Waals surface area contributed by atoms with Crippen LogP contribution in [0, 0.1) is 0 Å². The van der Waals surface area contributed by atoms with Crippen molar-refractivity contribution in [1.82, 2.24) is 10.2 Å². The lowest BCUT2D eigenvalue weighted by Gasteiger charge is -2.25. The van der Waals surface area contributed by atoms with Crippen LogP contribution in [0.25, 0.3) is 0 Å². The van der Waals surface area contributed by atoms with Gasteiger partial charge in [0.05, 0.1) is 6.04 Å². The second-order valence-electron chi connectivity index (χ2n) is 6.40. The van der Waals surface area contributed by atoms with E-state index in [4.69, 9.17) is 0 Å².